The van der Waals surface area contributed by atoms with Crippen LogP contribution in [0, 0.1) is 29.0 Å². The Balaban J connectivity index is 1.81. The van der Waals surface area contributed by atoms with E-state index in [1.54, 1.807) is 12.1 Å². The lowest BCUT2D eigenvalue weighted by Gasteiger charge is -2.26. The predicted molar refractivity (Wildman–Crippen MR) is 73.9 cm³/mol. The molecule has 0 radical (unpaired) electrons. The molecule has 0 amide bonds. The van der Waals surface area contributed by atoms with Gasteiger partial charge in [-0.25, -0.2) is 4.39 Å². The molecule has 2 rings (SSSR count). The average molecular weight is 260 g/mol. The largest absolute Gasteiger partial charge is 0.312 e. The molecule has 2 nitrogen and oxygen atoms in total. The number of nitriles is 1. The first-order valence-corrected chi connectivity index (χ1v) is 7.08. The van der Waals surface area contributed by atoms with Crippen LogP contribution in [0.3, 0.4) is 0 Å². The molecule has 2 atom stereocenters. The molecule has 0 spiro atoms. The van der Waals surface area contributed by atoms with Crippen molar-refractivity contribution in [1.82, 2.24) is 5.32 Å². The van der Waals surface area contributed by atoms with E-state index in [9.17, 15) is 4.39 Å². The minimum Gasteiger partial charge on any atom is -0.312 e. The lowest BCUT2D eigenvalue weighted by atomic mass is 9.82. The summed E-state index contributed by atoms with van der Waals surface area (Å²) >= 11 is 0. The van der Waals surface area contributed by atoms with Crippen LogP contribution in [-0.4, -0.2) is 6.54 Å². The molecule has 0 heterocycles. The molecule has 0 aliphatic heterocycles. The Morgan fingerprint density at radius 1 is 1.42 bits per heavy atom. The first-order valence-electron chi connectivity index (χ1n) is 7.08. The molecule has 0 aromatic heterocycles. The number of benzene rings is 1. The lowest BCUT2D eigenvalue weighted by molar-refractivity contribution is 0.274. The second-order valence-corrected chi connectivity index (χ2v) is 5.69. The molecule has 1 fully saturated rings. The molecule has 2 unspecified atom stereocenters. The van der Waals surface area contributed by atoms with Crippen molar-refractivity contribution in [2.75, 3.05) is 6.54 Å². The Labute approximate surface area is 114 Å². The highest BCUT2D eigenvalue weighted by molar-refractivity contribution is 5.34. The van der Waals surface area contributed by atoms with Crippen molar-refractivity contribution in [3.63, 3.8) is 0 Å². The van der Waals surface area contributed by atoms with Crippen LogP contribution in [0.5, 0.6) is 0 Å². The zero-order chi connectivity index (χ0) is 13.7. The maximum atomic E-state index is 13.2. The van der Waals surface area contributed by atoms with Crippen molar-refractivity contribution in [1.29, 1.82) is 5.26 Å². The van der Waals surface area contributed by atoms with Crippen LogP contribution < -0.4 is 5.32 Å². The molecule has 102 valence electrons. The molecular weight excluding hydrogens is 239 g/mol. The number of halogens is 1. The minimum absolute atomic E-state index is 0.130. The summed E-state index contributed by atoms with van der Waals surface area (Å²) in [5.74, 6) is 1.17. The Kier molecular flexibility index (Phi) is 4.93. The molecule has 1 aliphatic carbocycles. The monoisotopic (exact) mass is 260 g/mol. The van der Waals surface area contributed by atoms with Gasteiger partial charge in [-0.3, -0.25) is 0 Å². The number of rotatable bonds is 4. The topological polar surface area (TPSA) is 35.8 Å². The van der Waals surface area contributed by atoms with E-state index >= 15 is 0 Å². The smallest absolute Gasteiger partial charge is 0.140 e. The Morgan fingerprint density at radius 2 is 2.26 bits per heavy atom. The quantitative estimate of drug-likeness (QED) is 0.897. The molecular formula is C16H21FN2. The van der Waals surface area contributed by atoms with Gasteiger partial charge in [0.15, 0.2) is 0 Å². The number of nitrogens with one attached hydrogen (secondary N) is 1. The summed E-state index contributed by atoms with van der Waals surface area (Å²) in [6.07, 6.45) is 5.31. The van der Waals surface area contributed by atoms with E-state index in [1.165, 1.54) is 31.7 Å². The van der Waals surface area contributed by atoms with Crippen molar-refractivity contribution in [3.05, 3.63) is 35.1 Å². The van der Waals surface area contributed by atoms with Crippen molar-refractivity contribution < 1.29 is 4.39 Å². The third-order valence-electron chi connectivity index (χ3n) is 3.96. The highest BCUT2D eigenvalue weighted by Gasteiger charge is 2.18. The molecule has 19 heavy (non-hydrogen) atoms. The lowest BCUT2D eigenvalue weighted by Crippen LogP contribution is -2.26. The minimum atomic E-state index is -0.438. The first kappa shape index (κ1) is 14.0. The molecule has 1 aromatic carbocycles. The van der Waals surface area contributed by atoms with Crippen LogP contribution in [0.4, 0.5) is 4.39 Å². The van der Waals surface area contributed by atoms with Crippen LogP contribution in [0.25, 0.3) is 0 Å². The highest BCUT2D eigenvalue weighted by Crippen LogP contribution is 2.27. The van der Waals surface area contributed by atoms with E-state index in [0.717, 1.165) is 23.9 Å². The molecule has 3 heteroatoms. The van der Waals surface area contributed by atoms with Crippen molar-refractivity contribution in [2.45, 2.75) is 39.2 Å². The number of hydrogen-bond acceptors (Lipinski definition) is 2. The summed E-state index contributed by atoms with van der Waals surface area (Å²) in [7, 11) is 0. The van der Waals surface area contributed by atoms with Gasteiger partial charge in [0.2, 0.25) is 0 Å². The summed E-state index contributed by atoms with van der Waals surface area (Å²) in [4.78, 5) is 0. The van der Waals surface area contributed by atoms with Gasteiger partial charge in [-0.15, -0.1) is 0 Å². The highest BCUT2D eigenvalue weighted by atomic mass is 19.1. The fourth-order valence-electron chi connectivity index (χ4n) is 2.93. The second-order valence-electron chi connectivity index (χ2n) is 5.69. The first-order chi connectivity index (χ1) is 9.19. The van der Waals surface area contributed by atoms with E-state index < -0.39 is 5.82 Å². The molecule has 1 aliphatic rings. The van der Waals surface area contributed by atoms with E-state index in [0.29, 0.717) is 6.54 Å². The normalized spacial score (nSPS) is 23.0. The third kappa shape index (κ3) is 4.04. The number of hydrogen-bond donors (Lipinski definition) is 1. The van der Waals surface area contributed by atoms with Crippen molar-refractivity contribution in [2.24, 2.45) is 11.8 Å². The fourth-order valence-corrected chi connectivity index (χ4v) is 2.93. The maximum Gasteiger partial charge on any atom is 0.140 e. The van der Waals surface area contributed by atoms with Gasteiger partial charge >= 0.3 is 0 Å². The SMILES string of the molecule is CC1CCCC(CNCc2ccc(F)c(C#N)c2)C1. The zero-order valence-electron chi connectivity index (χ0n) is 11.5. The summed E-state index contributed by atoms with van der Waals surface area (Å²) in [5.41, 5.74) is 1.10. The zero-order valence-corrected chi connectivity index (χ0v) is 11.5. The predicted octanol–water partition coefficient (Wildman–Crippen LogP) is 3.61. The van der Waals surface area contributed by atoms with Gasteiger partial charge in [-0.05, 0) is 48.9 Å². The van der Waals surface area contributed by atoms with Crippen LogP contribution >= 0.6 is 0 Å². The van der Waals surface area contributed by atoms with Crippen LogP contribution in [0.2, 0.25) is 0 Å². The molecule has 1 N–H and O–H groups in total. The Bertz CT molecular complexity index is 464. The van der Waals surface area contributed by atoms with Gasteiger partial charge in [0, 0.05) is 6.54 Å². The van der Waals surface area contributed by atoms with Gasteiger partial charge in [0.1, 0.15) is 11.9 Å². The van der Waals surface area contributed by atoms with E-state index in [4.69, 9.17) is 5.26 Å². The molecule has 0 bridgehead atoms. The Morgan fingerprint density at radius 3 is 3.00 bits per heavy atom. The summed E-state index contributed by atoms with van der Waals surface area (Å²) in [5, 5.41) is 12.2. The van der Waals surface area contributed by atoms with Crippen molar-refractivity contribution >= 4 is 0 Å². The summed E-state index contributed by atoms with van der Waals surface area (Å²) in [6, 6.07) is 6.63. The van der Waals surface area contributed by atoms with Crippen LogP contribution in [-0.2, 0) is 6.54 Å². The van der Waals surface area contributed by atoms with E-state index in [-0.39, 0.29) is 5.56 Å². The second kappa shape index (κ2) is 6.68. The van der Waals surface area contributed by atoms with Crippen molar-refractivity contribution in [3.8, 4) is 6.07 Å². The van der Waals surface area contributed by atoms with Crippen LogP contribution in [0.15, 0.2) is 18.2 Å². The fraction of sp³-hybridized carbons (Fsp3) is 0.562. The maximum absolute atomic E-state index is 13.2. The van der Waals surface area contributed by atoms with E-state index in [1.807, 2.05) is 6.07 Å². The van der Waals surface area contributed by atoms with Gasteiger partial charge in [-0.2, -0.15) is 5.26 Å². The molecule has 1 saturated carbocycles. The van der Waals surface area contributed by atoms with Gasteiger partial charge < -0.3 is 5.32 Å². The van der Waals surface area contributed by atoms with Gasteiger partial charge in [0.05, 0.1) is 5.56 Å². The molecule has 0 saturated heterocycles. The third-order valence-corrected chi connectivity index (χ3v) is 3.96. The van der Waals surface area contributed by atoms with Gasteiger partial charge in [0.25, 0.3) is 0 Å². The Hall–Kier alpha value is -1.40. The van der Waals surface area contributed by atoms with Crippen LogP contribution in [0.1, 0.15) is 43.7 Å². The standard InChI is InChI=1S/C16H21FN2/c1-12-3-2-4-13(7-12)10-19-11-14-5-6-16(17)15(8-14)9-18/h5-6,8,12-13,19H,2-4,7,10-11H2,1H3. The molecule has 1 aromatic rings. The summed E-state index contributed by atoms with van der Waals surface area (Å²) < 4.78 is 13.2. The summed E-state index contributed by atoms with van der Waals surface area (Å²) in [6.45, 7) is 4.05. The van der Waals surface area contributed by atoms with Gasteiger partial charge in [-0.1, -0.05) is 25.8 Å². The number of nitrogens with zero attached hydrogens (tertiary/aromatic N) is 1. The average Bonchev–Trinajstić information content (AvgIpc) is 2.41. The van der Waals surface area contributed by atoms with E-state index in [2.05, 4.69) is 12.2 Å².